The normalized spacial score (nSPS) is 13.5. The Bertz CT molecular complexity index is 1760. The van der Waals surface area contributed by atoms with E-state index in [0.29, 0.717) is 0 Å². The van der Waals surface area contributed by atoms with Crippen molar-refractivity contribution in [1.29, 1.82) is 0 Å². The van der Waals surface area contributed by atoms with Gasteiger partial charge in [-0.1, -0.05) is 48.5 Å². The molecule has 0 aliphatic carbocycles. The fraction of sp³-hybridized carbons (Fsp3) is 0.143. The van der Waals surface area contributed by atoms with Crippen LogP contribution in [0.1, 0.15) is 22.3 Å². The van der Waals surface area contributed by atoms with Crippen molar-refractivity contribution in [3.05, 3.63) is 119 Å². The first-order valence-corrected chi connectivity index (χ1v) is 14.8. The summed E-state index contributed by atoms with van der Waals surface area (Å²) in [4.78, 5) is 4.47. The van der Waals surface area contributed by atoms with Gasteiger partial charge in [0, 0.05) is 39.0 Å². The number of aryl methyl sites for hydroxylation is 4. The Labute approximate surface area is 248 Å². The monoisotopic (exact) mass is 576 g/mol. The zero-order valence-corrected chi connectivity index (χ0v) is 24.6. The molecule has 0 radical (unpaired) electrons. The van der Waals surface area contributed by atoms with E-state index in [4.69, 9.17) is 0 Å². The molecule has 2 heterocycles. The Morgan fingerprint density at radius 2 is 1.00 bits per heavy atom. The van der Waals surface area contributed by atoms with Gasteiger partial charge in [0.25, 0.3) is 6.71 Å². The lowest BCUT2D eigenvalue weighted by atomic mass is 9.33. The molecule has 208 valence electrons. The summed E-state index contributed by atoms with van der Waals surface area (Å²) in [6.07, 6.45) is 0. The van der Waals surface area contributed by atoms with Crippen LogP contribution in [0, 0.1) is 27.7 Å². The number of anilines is 6. The largest absolute Gasteiger partial charge is 0.446 e. The highest BCUT2D eigenvalue weighted by molar-refractivity contribution is 8.00. The summed E-state index contributed by atoms with van der Waals surface area (Å²) in [5.41, 5.74) is 8.61. The Kier molecular flexibility index (Phi) is 6.21. The maximum atomic E-state index is 14.0. The molecule has 7 rings (SSSR count). The van der Waals surface area contributed by atoms with Gasteiger partial charge in [0.1, 0.15) is 0 Å². The maximum absolute atomic E-state index is 14.0. The minimum Gasteiger partial charge on any atom is -0.311 e. The Morgan fingerprint density at radius 3 is 1.43 bits per heavy atom. The van der Waals surface area contributed by atoms with Crippen molar-refractivity contribution in [2.45, 2.75) is 38.1 Å². The molecule has 0 spiro atoms. The van der Waals surface area contributed by atoms with Crippen LogP contribution in [0.4, 0.5) is 47.3 Å². The van der Waals surface area contributed by atoms with Gasteiger partial charge in [-0.05, 0) is 127 Å². The molecule has 0 fully saturated rings. The lowest BCUT2D eigenvalue weighted by Crippen LogP contribution is -2.61. The van der Waals surface area contributed by atoms with Crippen LogP contribution in [0.15, 0.2) is 102 Å². The number of benzene rings is 5. The molecule has 0 atom stereocenters. The van der Waals surface area contributed by atoms with Crippen molar-refractivity contribution in [3.8, 4) is 0 Å². The Balaban J connectivity index is 1.62. The molecular weight excluding hydrogens is 548 g/mol. The third-order valence-electron chi connectivity index (χ3n) is 8.11. The molecule has 0 bridgehead atoms. The zero-order chi connectivity index (χ0) is 29.3. The van der Waals surface area contributed by atoms with E-state index in [2.05, 4.69) is 72.2 Å². The predicted molar refractivity (Wildman–Crippen MR) is 171 cm³/mol. The molecule has 0 saturated carbocycles. The van der Waals surface area contributed by atoms with Gasteiger partial charge in [0.2, 0.25) is 0 Å². The van der Waals surface area contributed by atoms with Gasteiger partial charge in [-0.25, -0.2) is 0 Å². The number of halogens is 3. The average Bonchev–Trinajstić information content (AvgIpc) is 2.91. The van der Waals surface area contributed by atoms with E-state index >= 15 is 0 Å². The summed E-state index contributed by atoms with van der Waals surface area (Å²) in [5.74, 6) is 0. The molecule has 5 aromatic carbocycles. The van der Waals surface area contributed by atoms with E-state index < -0.39 is 5.51 Å². The van der Waals surface area contributed by atoms with Crippen molar-refractivity contribution < 1.29 is 13.2 Å². The minimum atomic E-state index is -4.42. The molecule has 5 aromatic rings. The molecule has 7 heteroatoms. The van der Waals surface area contributed by atoms with E-state index in [9.17, 15) is 13.2 Å². The van der Waals surface area contributed by atoms with E-state index in [-0.39, 0.29) is 23.4 Å². The molecule has 0 aromatic heterocycles. The van der Waals surface area contributed by atoms with E-state index in [0.717, 1.165) is 72.8 Å². The lowest BCUT2D eigenvalue weighted by Gasteiger charge is -2.44. The number of nitrogens with zero attached hydrogens (tertiary/aromatic N) is 2. The van der Waals surface area contributed by atoms with Gasteiger partial charge < -0.3 is 9.80 Å². The van der Waals surface area contributed by atoms with E-state index in [1.165, 1.54) is 0 Å². The van der Waals surface area contributed by atoms with Crippen molar-refractivity contribution in [2.24, 2.45) is 0 Å². The summed E-state index contributed by atoms with van der Waals surface area (Å²) in [6, 6.07) is 32.8. The third-order valence-corrected chi connectivity index (χ3v) is 8.81. The van der Waals surface area contributed by atoms with Crippen LogP contribution in [-0.4, -0.2) is 12.2 Å². The summed E-state index contributed by atoms with van der Waals surface area (Å²) in [5, 5.41) is 0. The van der Waals surface area contributed by atoms with Crippen LogP contribution in [0.3, 0.4) is 0 Å². The van der Waals surface area contributed by atoms with Crippen molar-refractivity contribution >= 4 is 69.0 Å². The van der Waals surface area contributed by atoms with Crippen molar-refractivity contribution in [1.82, 2.24) is 0 Å². The Hall–Kier alpha value is -4.10. The number of hydrogen-bond donors (Lipinski definition) is 0. The molecule has 2 nitrogen and oxygen atoms in total. The van der Waals surface area contributed by atoms with Crippen LogP contribution in [0.5, 0.6) is 0 Å². The summed E-state index contributed by atoms with van der Waals surface area (Å²) in [6.45, 7) is 8.06. The standard InChI is InChI=1S/C35H28BF3N2S/c1-21-7-5-9-25(15-21)40-30-17-23(3)11-13-28(30)36-29-14-12-24(4)18-31(29)41(26-10-6-8-22(2)16-26)33-20-27(42-35(37,38)39)19-32(40)34(33)36/h5-20H,1-4H3. The predicted octanol–water partition coefficient (Wildman–Crippen LogP) is 8.61. The van der Waals surface area contributed by atoms with Crippen molar-refractivity contribution in [3.63, 3.8) is 0 Å². The lowest BCUT2D eigenvalue weighted by molar-refractivity contribution is -0.0328. The van der Waals surface area contributed by atoms with Crippen molar-refractivity contribution in [2.75, 3.05) is 9.80 Å². The van der Waals surface area contributed by atoms with Gasteiger partial charge >= 0.3 is 5.51 Å². The van der Waals surface area contributed by atoms with Crippen LogP contribution in [0.2, 0.25) is 0 Å². The number of fused-ring (bicyclic) bond motifs is 4. The van der Waals surface area contributed by atoms with Gasteiger partial charge in [-0.15, -0.1) is 0 Å². The Morgan fingerprint density at radius 1 is 0.548 bits per heavy atom. The van der Waals surface area contributed by atoms with Gasteiger partial charge in [-0.3, -0.25) is 0 Å². The number of hydrogen-bond acceptors (Lipinski definition) is 3. The molecule has 0 N–H and O–H groups in total. The first-order chi connectivity index (χ1) is 20.1. The highest BCUT2D eigenvalue weighted by Crippen LogP contribution is 2.48. The van der Waals surface area contributed by atoms with Crippen LogP contribution in [-0.2, 0) is 0 Å². The number of thioether (sulfide) groups is 1. The van der Waals surface area contributed by atoms with E-state index in [1.807, 2.05) is 50.2 Å². The molecule has 0 amide bonds. The molecule has 2 aliphatic heterocycles. The molecule has 0 saturated heterocycles. The quantitative estimate of drug-likeness (QED) is 0.154. The first-order valence-electron chi connectivity index (χ1n) is 14.0. The highest BCUT2D eigenvalue weighted by Gasteiger charge is 2.44. The van der Waals surface area contributed by atoms with Gasteiger partial charge in [0.05, 0.1) is 0 Å². The molecule has 0 unspecified atom stereocenters. The topological polar surface area (TPSA) is 6.48 Å². The first kappa shape index (κ1) is 26.8. The summed E-state index contributed by atoms with van der Waals surface area (Å²) < 4.78 is 41.9. The van der Waals surface area contributed by atoms with Crippen LogP contribution in [0.25, 0.3) is 0 Å². The smallest absolute Gasteiger partial charge is 0.311 e. The minimum absolute atomic E-state index is 0.0553. The number of alkyl halides is 3. The molecule has 2 aliphatic rings. The van der Waals surface area contributed by atoms with Gasteiger partial charge in [-0.2, -0.15) is 13.2 Å². The van der Waals surface area contributed by atoms with Crippen LogP contribution >= 0.6 is 11.8 Å². The maximum Gasteiger partial charge on any atom is 0.446 e. The summed E-state index contributed by atoms with van der Waals surface area (Å²) in [7, 11) is 0. The number of rotatable bonds is 3. The average molecular weight is 576 g/mol. The highest BCUT2D eigenvalue weighted by atomic mass is 32.2. The second-order valence-corrected chi connectivity index (χ2v) is 12.5. The second kappa shape index (κ2) is 9.74. The molecule has 42 heavy (non-hydrogen) atoms. The zero-order valence-electron chi connectivity index (χ0n) is 23.8. The fourth-order valence-corrected chi connectivity index (χ4v) is 7.08. The molecular formula is C35H28BF3N2S. The fourth-order valence-electron chi connectivity index (χ4n) is 6.47. The van der Waals surface area contributed by atoms with Crippen LogP contribution < -0.4 is 26.2 Å². The summed E-state index contributed by atoms with van der Waals surface area (Å²) >= 11 is -0.0553. The van der Waals surface area contributed by atoms with Gasteiger partial charge in [0.15, 0.2) is 0 Å². The third kappa shape index (κ3) is 4.47. The van der Waals surface area contributed by atoms with E-state index in [1.54, 1.807) is 12.1 Å². The SMILES string of the molecule is Cc1cccc(N2c3cc(C)ccc3B3c4ccc(C)cc4N(c4cccc(C)c4)c4cc(SC(F)(F)F)cc2c43)c1. The second-order valence-electron chi connectivity index (χ2n) is 11.3.